The van der Waals surface area contributed by atoms with Crippen LogP contribution in [0.5, 0.6) is 5.75 Å². The molecular formula is C66H125NO28S+. The molecule has 0 fully saturated rings. The lowest BCUT2D eigenvalue weighted by atomic mass is 10.0. The molecule has 0 aliphatic heterocycles. The highest BCUT2D eigenvalue weighted by Gasteiger charge is 2.32. The van der Waals surface area contributed by atoms with Gasteiger partial charge < -0.3 is 114 Å². The third-order valence-electron chi connectivity index (χ3n) is 12.7. The van der Waals surface area contributed by atoms with Gasteiger partial charge in [0.05, 0.1) is 304 Å². The highest BCUT2D eigenvalue weighted by Crippen LogP contribution is 2.23. The van der Waals surface area contributed by atoms with E-state index in [0.29, 0.717) is 297 Å². The molecule has 1 atom stereocenters. The zero-order valence-corrected chi connectivity index (χ0v) is 59.2. The molecule has 1 unspecified atom stereocenters. The third-order valence-corrected chi connectivity index (χ3v) is 13.4. The summed E-state index contributed by atoms with van der Waals surface area (Å²) >= 11 is 0. The van der Waals surface area contributed by atoms with E-state index in [-0.39, 0.29) is 19.8 Å². The van der Waals surface area contributed by atoms with Crippen LogP contribution in [0.4, 0.5) is 0 Å². The lowest BCUT2D eigenvalue weighted by molar-refractivity contribution is -0.0319. The number of allylic oxidation sites excluding steroid dienone is 1. The number of benzene rings is 1. The number of aryl methyl sites for hydroxylation is 1. The first-order valence-electron chi connectivity index (χ1n) is 34.5. The zero-order valence-electron chi connectivity index (χ0n) is 58.4. The van der Waals surface area contributed by atoms with E-state index in [1.807, 2.05) is 6.92 Å². The Hall–Kier alpha value is -2.17. The van der Waals surface area contributed by atoms with E-state index < -0.39 is 10.8 Å². The van der Waals surface area contributed by atoms with Crippen LogP contribution >= 0.6 is 0 Å². The Morgan fingerprint density at radius 2 is 0.531 bits per heavy atom. The first-order valence-corrected chi connectivity index (χ1v) is 35.8. The van der Waals surface area contributed by atoms with Gasteiger partial charge >= 0.3 is 10.8 Å². The summed E-state index contributed by atoms with van der Waals surface area (Å²) in [6.07, 6.45) is 14.5. The number of rotatable bonds is 84. The summed E-state index contributed by atoms with van der Waals surface area (Å²) in [5, 5.41) is 0. The maximum absolute atomic E-state index is 10.9. The van der Waals surface area contributed by atoms with Crippen LogP contribution in [0.1, 0.15) is 69.9 Å². The van der Waals surface area contributed by atoms with Gasteiger partial charge in [0.25, 0.3) is 0 Å². The van der Waals surface area contributed by atoms with Gasteiger partial charge in [-0.1, -0.05) is 63.7 Å². The van der Waals surface area contributed by atoms with Crippen molar-refractivity contribution >= 4 is 16.9 Å². The van der Waals surface area contributed by atoms with Gasteiger partial charge in [0.2, 0.25) is 0 Å². The van der Waals surface area contributed by atoms with Crippen LogP contribution in [0.3, 0.4) is 0 Å². The monoisotopic (exact) mass is 1410 g/mol. The van der Waals surface area contributed by atoms with Gasteiger partial charge in [0.1, 0.15) is 23.5 Å². The summed E-state index contributed by atoms with van der Waals surface area (Å²) in [5.41, 5.74) is 2.49. The molecule has 0 spiro atoms. The second kappa shape index (κ2) is 78.5. The van der Waals surface area contributed by atoms with Gasteiger partial charge in [-0.25, -0.2) is 0 Å². The summed E-state index contributed by atoms with van der Waals surface area (Å²) in [6.45, 7) is 25.6. The second-order valence-corrected chi connectivity index (χ2v) is 21.7. The van der Waals surface area contributed by atoms with Crippen molar-refractivity contribution in [3.63, 3.8) is 0 Å². The van der Waals surface area contributed by atoms with Gasteiger partial charge in [-0.05, 0) is 41.7 Å². The Balaban J connectivity index is 1.64. The van der Waals surface area contributed by atoms with Crippen LogP contribution in [0.15, 0.2) is 24.3 Å². The van der Waals surface area contributed by atoms with Crippen LogP contribution in [0.2, 0.25) is 0 Å². The average Bonchev–Trinajstić information content (AvgIpc) is 0.984. The lowest BCUT2D eigenvalue weighted by Gasteiger charge is -2.12. The van der Waals surface area contributed by atoms with E-state index in [9.17, 15) is 8.76 Å². The number of unbranched alkanes of at least 4 members (excludes halogenated alkanes) is 6. The molecule has 1 aromatic rings. The fraction of sp³-hybridized carbons (Fsp3) is 0.879. The van der Waals surface area contributed by atoms with E-state index in [4.69, 9.17) is 114 Å². The van der Waals surface area contributed by atoms with Crippen molar-refractivity contribution in [2.45, 2.75) is 65.2 Å². The number of hydrogen-bond acceptors (Lipinski definition) is 28. The van der Waals surface area contributed by atoms with Gasteiger partial charge in [-0.15, -0.1) is 4.18 Å². The molecule has 96 heavy (non-hydrogen) atoms. The Kier molecular flexibility index (Phi) is 75.1. The molecule has 29 nitrogen and oxygen atoms in total. The minimum Gasteiger partial charge on any atom is -0.491 e. The SMILES string of the molecule is C/C=C/c1cc(CCCCCCCCC)ccc1OCCOCCOCCOCCOCCOCCOCCOCCOCCOCCOCCOCCOCCOCCOCCOCCOCCOCCOCCOCCOCCOCCOCCOCCO[S+]([O])(=O)ON. The van der Waals surface area contributed by atoms with Crippen molar-refractivity contribution in [3.05, 3.63) is 35.4 Å². The molecule has 0 aromatic heterocycles. The highest BCUT2D eigenvalue weighted by molar-refractivity contribution is 7.88. The molecule has 0 amide bonds. The highest BCUT2D eigenvalue weighted by atomic mass is 32.3. The standard InChI is InChI=1S/C66H125NO28S/c1-3-5-6-7-8-9-10-12-64-13-14-66(65(63-64)11-4-2)93-61-59-91-57-55-89-53-51-87-49-47-85-45-43-83-41-39-81-37-35-79-33-31-77-29-27-75-25-23-73-21-19-71-17-15-70-16-18-72-20-22-74-24-26-76-28-30-78-32-34-80-36-38-82-40-42-84-44-46-86-48-50-88-52-54-90-56-58-92-60-62-94-96(68,69)95-67/h4,11,13-14,63H,3,5-10,12,15-62,67H2,1-2H3/q+1/b11-4+. The van der Waals surface area contributed by atoms with Gasteiger partial charge in [0, 0.05) is 9.77 Å². The van der Waals surface area contributed by atoms with Gasteiger partial charge in [-0.3, -0.25) is 0 Å². The third kappa shape index (κ3) is 71.6. The van der Waals surface area contributed by atoms with Crippen molar-refractivity contribution in [3.8, 4) is 5.75 Å². The van der Waals surface area contributed by atoms with E-state index >= 15 is 0 Å². The Morgan fingerprint density at radius 3 is 0.760 bits per heavy atom. The Labute approximate surface area is 575 Å². The molecule has 0 aliphatic carbocycles. The minimum atomic E-state index is -4.16. The van der Waals surface area contributed by atoms with Crippen molar-refractivity contribution in [1.82, 2.24) is 0 Å². The topological polar surface area (TPSA) is 303 Å². The van der Waals surface area contributed by atoms with Crippen LogP contribution in [0, 0.1) is 0 Å². The fourth-order valence-electron chi connectivity index (χ4n) is 7.85. The molecule has 1 rings (SSSR count). The number of nitrogens with two attached hydrogens (primary N) is 1. The minimum absolute atomic E-state index is 0.0524. The fourth-order valence-corrected chi connectivity index (χ4v) is 8.18. The van der Waals surface area contributed by atoms with Gasteiger partial charge in [-0.2, -0.15) is 5.90 Å². The number of ether oxygens (including phenoxy) is 24. The molecule has 0 heterocycles. The smallest absolute Gasteiger partial charge is 0.491 e. The predicted molar refractivity (Wildman–Crippen MR) is 357 cm³/mol. The van der Waals surface area contributed by atoms with E-state index in [0.717, 1.165) is 17.7 Å². The predicted octanol–water partition coefficient (Wildman–Crippen LogP) is 5.36. The molecule has 567 valence electrons. The molecule has 0 saturated heterocycles. The molecule has 0 aliphatic rings. The molecule has 1 aromatic carbocycles. The maximum atomic E-state index is 10.9. The maximum Gasteiger partial charge on any atom is 0.564 e. The summed E-state index contributed by atoms with van der Waals surface area (Å²) in [7, 11) is -4.16. The van der Waals surface area contributed by atoms with E-state index in [1.54, 1.807) is 0 Å². The average molecular weight is 1410 g/mol. The molecule has 1 radical (unpaired) electrons. The summed E-state index contributed by atoms with van der Waals surface area (Å²) in [5.74, 6) is 5.43. The van der Waals surface area contributed by atoms with Crippen LogP contribution in [-0.4, -0.2) is 317 Å². The largest absolute Gasteiger partial charge is 0.564 e. The summed E-state index contributed by atoms with van der Waals surface area (Å²) in [4.78, 5) is 0. The Bertz CT molecular complexity index is 1760. The lowest BCUT2D eigenvalue weighted by Crippen LogP contribution is -2.22. The van der Waals surface area contributed by atoms with Crippen molar-refractivity contribution in [2.75, 3.05) is 317 Å². The van der Waals surface area contributed by atoms with Crippen molar-refractivity contribution in [1.29, 1.82) is 0 Å². The molecular weight excluding hydrogens is 1290 g/mol. The first kappa shape index (κ1) is 91.8. The number of hydrogen-bond donors (Lipinski definition) is 1. The molecule has 30 heteroatoms. The molecule has 2 N–H and O–H groups in total. The summed E-state index contributed by atoms with van der Waals surface area (Å²) < 4.78 is 163. The summed E-state index contributed by atoms with van der Waals surface area (Å²) in [6, 6.07) is 6.53. The Morgan fingerprint density at radius 1 is 0.312 bits per heavy atom. The quantitative estimate of drug-likeness (QED) is 0.0488. The molecule has 0 bridgehead atoms. The normalized spacial score (nSPS) is 12.5. The van der Waals surface area contributed by atoms with Crippen molar-refractivity contribution < 1.29 is 131 Å². The molecule has 0 saturated carbocycles. The van der Waals surface area contributed by atoms with Crippen molar-refractivity contribution in [2.24, 2.45) is 5.90 Å². The second-order valence-electron chi connectivity index (χ2n) is 20.5. The van der Waals surface area contributed by atoms with Crippen LogP contribution in [-0.2, 0) is 143 Å². The first-order chi connectivity index (χ1) is 47.5. The van der Waals surface area contributed by atoms with E-state index in [1.165, 1.54) is 50.5 Å². The van der Waals surface area contributed by atoms with Gasteiger partial charge in [0.15, 0.2) is 0 Å². The van der Waals surface area contributed by atoms with Crippen LogP contribution < -0.4 is 10.6 Å². The van der Waals surface area contributed by atoms with E-state index in [2.05, 4.69) is 51.6 Å². The van der Waals surface area contributed by atoms with Crippen LogP contribution in [0.25, 0.3) is 6.08 Å². The zero-order chi connectivity index (χ0) is 68.8.